The highest BCUT2D eigenvalue weighted by molar-refractivity contribution is 6.07. The lowest BCUT2D eigenvalue weighted by molar-refractivity contribution is 0.0696. The molecule has 1 heterocycles. The summed E-state index contributed by atoms with van der Waals surface area (Å²) >= 11 is 0. The minimum absolute atomic E-state index is 0.0569. The van der Waals surface area contributed by atoms with Crippen molar-refractivity contribution >= 4 is 28.5 Å². The second-order valence-corrected chi connectivity index (χ2v) is 9.16. The van der Waals surface area contributed by atoms with Crippen LogP contribution in [0.1, 0.15) is 52.7 Å². The van der Waals surface area contributed by atoms with Gasteiger partial charge >= 0.3 is 5.97 Å². The van der Waals surface area contributed by atoms with Gasteiger partial charge < -0.3 is 35.5 Å². The van der Waals surface area contributed by atoms with E-state index in [1.54, 1.807) is 31.2 Å². The van der Waals surface area contributed by atoms with Crippen LogP contribution in [0, 0.1) is 6.92 Å². The van der Waals surface area contributed by atoms with E-state index in [0.717, 1.165) is 5.56 Å². The molecule has 0 spiro atoms. The molecule has 0 radical (unpaired) electrons. The SMILES string of the molecule is CCc1ccc2nc(C)c(C(=O)O)c(N)c2c1OCC(C)(C)NC(=O)c1ccc(OCCO)c(OC)c1. The molecule has 2 aromatic carbocycles. The second-order valence-electron chi connectivity index (χ2n) is 9.16. The van der Waals surface area contributed by atoms with E-state index in [1.807, 2.05) is 26.8 Å². The molecular weight excluding hydrogens is 478 g/mol. The van der Waals surface area contributed by atoms with Gasteiger partial charge in [-0.1, -0.05) is 13.0 Å². The minimum atomic E-state index is -1.16. The fourth-order valence-corrected chi connectivity index (χ4v) is 3.99. The van der Waals surface area contributed by atoms with Gasteiger partial charge in [0.1, 0.15) is 24.5 Å². The first-order valence-electron chi connectivity index (χ1n) is 11.8. The Morgan fingerprint density at radius 3 is 2.49 bits per heavy atom. The van der Waals surface area contributed by atoms with Crippen LogP contribution < -0.4 is 25.3 Å². The molecule has 198 valence electrons. The Labute approximate surface area is 215 Å². The number of aromatic nitrogens is 1. The van der Waals surface area contributed by atoms with Crippen molar-refractivity contribution in [1.82, 2.24) is 10.3 Å². The number of aromatic carboxylic acids is 1. The van der Waals surface area contributed by atoms with Crippen molar-refractivity contribution in [2.45, 2.75) is 39.7 Å². The zero-order chi connectivity index (χ0) is 27.3. The van der Waals surface area contributed by atoms with Crippen molar-refractivity contribution in [3.05, 3.63) is 52.7 Å². The Balaban J connectivity index is 1.87. The molecular formula is C27H33N3O7. The van der Waals surface area contributed by atoms with E-state index < -0.39 is 11.5 Å². The number of aliphatic hydroxyl groups is 1. The number of carbonyl (C=O) groups is 2. The summed E-state index contributed by atoms with van der Waals surface area (Å²) in [6.45, 7) is 7.22. The summed E-state index contributed by atoms with van der Waals surface area (Å²) in [7, 11) is 1.47. The number of anilines is 1. The topological polar surface area (TPSA) is 153 Å². The summed E-state index contributed by atoms with van der Waals surface area (Å²) in [6, 6.07) is 8.44. The molecule has 5 N–H and O–H groups in total. The number of carboxylic acid groups (broad SMARTS) is 1. The van der Waals surface area contributed by atoms with E-state index in [-0.39, 0.29) is 37.0 Å². The highest BCUT2D eigenvalue weighted by Gasteiger charge is 2.26. The number of amides is 1. The van der Waals surface area contributed by atoms with Crippen LogP contribution in [0.25, 0.3) is 10.9 Å². The maximum atomic E-state index is 13.0. The number of fused-ring (bicyclic) bond motifs is 1. The molecule has 37 heavy (non-hydrogen) atoms. The van der Waals surface area contributed by atoms with Crippen molar-refractivity contribution in [3.63, 3.8) is 0 Å². The lowest BCUT2D eigenvalue weighted by Crippen LogP contribution is -2.47. The molecule has 0 fully saturated rings. The first kappa shape index (κ1) is 27.5. The Hall–Kier alpha value is -4.05. The van der Waals surface area contributed by atoms with E-state index in [1.165, 1.54) is 7.11 Å². The molecule has 1 aromatic heterocycles. The maximum absolute atomic E-state index is 13.0. The fourth-order valence-electron chi connectivity index (χ4n) is 3.99. The van der Waals surface area contributed by atoms with Gasteiger partial charge in [-0.15, -0.1) is 0 Å². The molecule has 0 saturated carbocycles. The normalized spacial score (nSPS) is 11.3. The number of hydrogen-bond acceptors (Lipinski definition) is 8. The Bertz CT molecular complexity index is 1320. The monoisotopic (exact) mass is 511 g/mol. The van der Waals surface area contributed by atoms with Crippen molar-refractivity contribution in [1.29, 1.82) is 0 Å². The molecule has 0 atom stereocenters. The molecule has 0 aliphatic rings. The summed E-state index contributed by atoms with van der Waals surface area (Å²) in [6.07, 6.45) is 0.623. The van der Waals surface area contributed by atoms with Gasteiger partial charge in [-0.2, -0.15) is 0 Å². The van der Waals surface area contributed by atoms with E-state index in [9.17, 15) is 14.7 Å². The minimum Gasteiger partial charge on any atom is -0.493 e. The Morgan fingerprint density at radius 1 is 1.14 bits per heavy atom. The smallest absolute Gasteiger partial charge is 0.339 e. The number of nitrogens with two attached hydrogens (primary N) is 1. The number of nitrogens with one attached hydrogen (secondary N) is 1. The summed E-state index contributed by atoms with van der Waals surface area (Å²) in [5.74, 6) is -0.277. The lowest BCUT2D eigenvalue weighted by atomic mass is 10.0. The molecule has 3 aromatic rings. The molecule has 10 nitrogen and oxygen atoms in total. The van der Waals surface area contributed by atoms with Gasteiger partial charge in [-0.25, -0.2) is 4.79 Å². The second kappa shape index (κ2) is 11.3. The third-order valence-electron chi connectivity index (χ3n) is 5.80. The molecule has 1 amide bonds. The zero-order valence-electron chi connectivity index (χ0n) is 21.7. The van der Waals surface area contributed by atoms with Crippen LogP contribution in [0.15, 0.2) is 30.3 Å². The quantitative estimate of drug-likeness (QED) is 0.303. The highest BCUT2D eigenvalue weighted by Crippen LogP contribution is 2.37. The number of methoxy groups -OCH3 is 1. The van der Waals surface area contributed by atoms with E-state index in [0.29, 0.717) is 45.8 Å². The van der Waals surface area contributed by atoms with Crippen LogP contribution in [0.3, 0.4) is 0 Å². The molecule has 0 bridgehead atoms. The standard InChI is InChI=1S/C27H33N3O7/c1-6-16-7-9-18-22(23(28)21(26(33)34)15(2)29-18)24(16)37-14-27(3,4)30-25(32)17-8-10-19(36-12-11-31)20(13-17)35-5/h7-10,13,31H,6,11-12,14H2,1-5H3,(H2,28,29)(H,30,32)(H,33,34). The van der Waals surface area contributed by atoms with E-state index >= 15 is 0 Å². The summed E-state index contributed by atoms with van der Waals surface area (Å²) in [5, 5.41) is 22.0. The third-order valence-corrected chi connectivity index (χ3v) is 5.80. The number of rotatable bonds is 11. The van der Waals surface area contributed by atoms with Gasteiger partial charge in [0.05, 0.1) is 41.5 Å². The van der Waals surface area contributed by atoms with Gasteiger partial charge in [0.2, 0.25) is 0 Å². The maximum Gasteiger partial charge on any atom is 0.339 e. The predicted molar refractivity (Wildman–Crippen MR) is 140 cm³/mol. The number of nitrogen functional groups attached to an aromatic ring is 1. The lowest BCUT2D eigenvalue weighted by Gasteiger charge is -2.28. The Morgan fingerprint density at radius 2 is 1.86 bits per heavy atom. The van der Waals surface area contributed by atoms with Crippen molar-refractivity contribution in [2.24, 2.45) is 0 Å². The molecule has 3 rings (SSSR count). The van der Waals surface area contributed by atoms with Gasteiger partial charge in [0.25, 0.3) is 5.91 Å². The predicted octanol–water partition coefficient (Wildman–Crippen LogP) is 3.35. The molecule has 0 aliphatic carbocycles. The third kappa shape index (κ3) is 6.03. The molecule has 0 aliphatic heterocycles. The fraction of sp³-hybridized carbons (Fsp3) is 0.370. The number of carboxylic acids is 1. The van der Waals surface area contributed by atoms with Crippen LogP contribution in [0.4, 0.5) is 5.69 Å². The van der Waals surface area contributed by atoms with Gasteiger partial charge in [-0.3, -0.25) is 9.78 Å². The average molecular weight is 512 g/mol. The van der Waals surface area contributed by atoms with Gasteiger partial charge in [0.15, 0.2) is 11.5 Å². The number of pyridine rings is 1. The van der Waals surface area contributed by atoms with Crippen molar-refractivity contribution in [2.75, 3.05) is 32.7 Å². The number of carbonyl (C=O) groups excluding carboxylic acids is 1. The van der Waals surface area contributed by atoms with Gasteiger partial charge in [0, 0.05) is 5.56 Å². The van der Waals surface area contributed by atoms with Crippen LogP contribution in [-0.4, -0.2) is 59.5 Å². The number of hydrogen-bond donors (Lipinski definition) is 4. The first-order valence-corrected chi connectivity index (χ1v) is 11.8. The van der Waals surface area contributed by atoms with Crippen LogP contribution in [0.5, 0.6) is 17.2 Å². The van der Waals surface area contributed by atoms with Crippen LogP contribution >= 0.6 is 0 Å². The number of aryl methyl sites for hydroxylation is 2. The summed E-state index contributed by atoms with van der Waals surface area (Å²) in [4.78, 5) is 29.2. The van der Waals surface area contributed by atoms with E-state index in [2.05, 4.69) is 10.3 Å². The number of nitrogens with zero attached hydrogens (tertiary/aromatic N) is 1. The van der Waals surface area contributed by atoms with Crippen LogP contribution in [0.2, 0.25) is 0 Å². The molecule has 10 heteroatoms. The highest BCUT2D eigenvalue weighted by atomic mass is 16.5. The zero-order valence-corrected chi connectivity index (χ0v) is 21.7. The molecule has 0 unspecified atom stereocenters. The van der Waals surface area contributed by atoms with Crippen molar-refractivity contribution < 1.29 is 34.0 Å². The largest absolute Gasteiger partial charge is 0.493 e. The number of benzene rings is 2. The summed E-state index contributed by atoms with van der Waals surface area (Å²) in [5.41, 5.74) is 7.58. The van der Waals surface area contributed by atoms with Crippen LogP contribution in [-0.2, 0) is 6.42 Å². The summed E-state index contributed by atoms with van der Waals surface area (Å²) < 4.78 is 16.9. The number of aliphatic hydroxyl groups excluding tert-OH is 1. The number of ether oxygens (including phenoxy) is 3. The molecule has 0 saturated heterocycles. The average Bonchev–Trinajstić information content (AvgIpc) is 2.85. The van der Waals surface area contributed by atoms with E-state index in [4.69, 9.17) is 25.1 Å². The Kier molecular flexibility index (Phi) is 8.44. The first-order chi connectivity index (χ1) is 17.5. The van der Waals surface area contributed by atoms with Gasteiger partial charge in [-0.05, 0) is 57.0 Å². The van der Waals surface area contributed by atoms with Crippen molar-refractivity contribution in [3.8, 4) is 17.2 Å².